The van der Waals surface area contributed by atoms with Crippen LogP contribution in [0.2, 0.25) is 0 Å². The number of rotatable bonds is 5. The van der Waals surface area contributed by atoms with Crippen LogP contribution in [0.1, 0.15) is 73.5 Å². The number of nitrogens with zero attached hydrogens (tertiary/aromatic N) is 2. The Bertz CT molecular complexity index is 2110. The third kappa shape index (κ3) is 4.67. The Morgan fingerprint density at radius 1 is 1.02 bits per heavy atom. The van der Waals surface area contributed by atoms with Crippen molar-refractivity contribution in [1.82, 2.24) is 19.8 Å². The van der Waals surface area contributed by atoms with Crippen LogP contribution in [0.4, 0.5) is 0 Å². The third-order valence-electron chi connectivity index (χ3n) is 14.1. The molecule has 2 aromatic heterocycles. The summed E-state index contributed by atoms with van der Waals surface area (Å²) in [6.45, 7) is 7.17. The lowest BCUT2D eigenvalue weighted by molar-refractivity contribution is -0.162. The molecule has 1 saturated carbocycles. The van der Waals surface area contributed by atoms with Crippen molar-refractivity contribution >= 4 is 33.7 Å². The van der Waals surface area contributed by atoms with E-state index in [1.807, 2.05) is 0 Å². The summed E-state index contributed by atoms with van der Waals surface area (Å²) in [6.07, 6.45) is 7.60. The highest BCUT2D eigenvalue weighted by atomic mass is 16.5. The number of piperidine rings is 3. The number of aromatic amines is 2. The van der Waals surface area contributed by atoms with Crippen LogP contribution >= 0.6 is 0 Å². The van der Waals surface area contributed by atoms with Gasteiger partial charge in [-0.3, -0.25) is 19.4 Å². The molecule has 274 valence electrons. The Kier molecular flexibility index (Phi) is 8.12. The number of aromatic nitrogens is 2. The van der Waals surface area contributed by atoms with Gasteiger partial charge in [-0.2, -0.15) is 0 Å². The molecule has 9 atom stereocenters. The minimum Gasteiger partial charge on any atom is -0.496 e. The van der Waals surface area contributed by atoms with E-state index >= 15 is 0 Å². The fourth-order valence-corrected chi connectivity index (χ4v) is 12.1. The Morgan fingerprint density at radius 2 is 1.85 bits per heavy atom. The smallest absolute Gasteiger partial charge is 0.319 e. The fraction of sp³-hybridized carbons (Fsp3) is 0.535. The first-order valence-corrected chi connectivity index (χ1v) is 19.3. The summed E-state index contributed by atoms with van der Waals surface area (Å²) in [5, 5.41) is 2.36. The van der Waals surface area contributed by atoms with Gasteiger partial charge in [0.2, 0.25) is 0 Å². The van der Waals surface area contributed by atoms with Crippen LogP contribution in [0.3, 0.4) is 0 Å². The Hall–Kier alpha value is -4.08. The standard InChI is InChI=1S/C43H52N4O5/c1-7-24-15-23-20-43(42(49)52-6)39-27(13-14-47(21-23)40(24)43)29-17-30(36(50-4)19-34(29)45-39)31-16-28-25(8-2)22-46(3)35(37(28)41(48)51-5)18-32-26-11-9-10-12-33(26)44-38(31)32/h8-12,17,19,23-24,28,31,35,37,40,44-45H,7,13-16,18,20-22H2,1-6H3/b25-8+/t23?,24?,28?,31?,35?,37?,40?,43-/m1/s1. The van der Waals surface area contributed by atoms with Crippen molar-refractivity contribution in [3.05, 3.63) is 76.1 Å². The zero-order chi connectivity index (χ0) is 36.1. The van der Waals surface area contributed by atoms with Crippen LogP contribution in [0, 0.1) is 23.7 Å². The van der Waals surface area contributed by atoms with Crippen molar-refractivity contribution in [2.24, 2.45) is 23.7 Å². The Morgan fingerprint density at radius 3 is 2.60 bits per heavy atom. The third-order valence-corrected chi connectivity index (χ3v) is 14.1. The van der Waals surface area contributed by atoms with Gasteiger partial charge in [0.05, 0.1) is 27.2 Å². The minimum absolute atomic E-state index is 0.00289. The molecule has 6 bridgehead atoms. The van der Waals surface area contributed by atoms with Gasteiger partial charge >= 0.3 is 11.9 Å². The van der Waals surface area contributed by atoms with E-state index in [0.29, 0.717) is 11.8 Å². The van der Waals surface area contributed by atoms with E-state index in [1.54, 1.807) is 14.2 Å². The predicted molar refractivity (Wildman–Crippen MR) is 202 cm³/mol. The first-order chi connectivity index (χ1) is 25.3. The minimum atomic E-state index is -0.725. The highest BCUT2D eigenvalue weighted by Gasteiger charge is 2.62. The van der Waals surface area contributed by atoms with Gasteiger partial charge in [0.25, 0.3) is 0 Å². The zero-order valence-electron chi connectivity index (χ0n) is 31.4. The summed E-state index contributed by atoms with van der Waals surface area (Å²) in [5.41, 5.74) is 8.50. The number of esters is 2. The van der Waals surface area contributed by atoms with E-state index < -0.39 is 5.41 Å². The zero-order valence-corrected chi connectivity index (χ0v) is 31.4. The SMILES string of the molecule is C/C=C1\CN(C)C2Cc3c([nH]c4ccccc34)C(c3cc4c5c([nH]c4cc3OC)[C@]3(C(=O)OC)CC4CC(CC)C3N(CC5)C4)CC1C2C(=O)OC. The molecular weight excluding hydrogens is 652 g/mol. The lowest BCUT2D eigenvalue weighted by Crippen LogP contribution is -2.67. The molecule has 6 heterocycles. The van der Waals surface area contributed by atoms with Gasteiger partial charge in [0.1, 0.15) is 11.2 Å². The molecule has 52 heavy (non-hydrogen) atoms. The number of allylic oxidation sites excluding steroid dienone is 1. The molecule has 6 aliphatic rings. The summed E-state index contributed by atoms with van der Waals surface area (Å²) >= 11 is 0. The van der Waals surface area contributed by atoms with E-state index in [1.165, 1.54) is 41.3 Å². The van der Waals surface area contributed by atoms with Gasteiger partial charge in [-0.1, -0.05) is 43.2 Å². The number of benzene rings is 2. The molecule has 9 heteroatoms. The summed E-state index contributed by atoms with van der Waals surface area (Å²) in [7, 11) is 6.98. The number of hydrogen-bond acceptors (Lipinski definition) is 7. The molecule has 2 aromatic carbocycles. The van der Waals surface area contributed by atoms with E-state index in [-0.39, 0.29) is 41.8 Å². The van der Waals surface area contributed by atoms with Gasteiger partial charge in [-0.15, -0.1) is 0 Å². The van der Waals surface area contributed by atoms with Gasteiger partial charge in [0.15, 0.2) is 0 Å². The molecule has 0 radical (unpaired) electrons. The molecule has 4 fully saturated rings. The van der Waals surface area contributed by atoms with Crippen molar-refractivity contribution in [2.45, 2.75) is 75.8 Å². The van der Waals surface area contributed by atoms with Gasteiger partial charge in [-0.25, -0.2) is 0 Å². The molecule has 3 saturated heterocycles. The average Bonchev–Trinajstić information content (AvgIpc) is 3.69. The molecule has 0 spiro atoms. The monoisotopic (exact) mass is 704 g/mol. The molecule has 10 rings (SSSR count). The number of ether oxygens (including phenoxy) is 3. The maximum Gasteiger partial charge on any atom is 0.319 e. The van der Waals surface area contributed by atoms with E-state index in [9.17, 15) is 9.59 Å². The number of fused-ring (bicyclic) bond motifs is 9. The quantitative estimate of drug-likeness (QED) is 0.181. The summed E-state index contributed by atoms with van der Waals surface area (Å²) in [6, 6.07) is 13.2. The van der Waals surface area contributed by atoms with E-state index in [4.69, 9.17) is 14.2 Å². The van der Waals surface area contributed by atoms with Gasteiger partial charge in [-0.05, 0) is 87.1 Å². The van der Waals surface area contributed by atoms with Crippen LogP contribution in [-0.2, 0) is 37.3 Å². The van der Waals surface area contributed by atoms with Crippen molar-refractivity contribution in [2.75, 3.05) is 48.0 Å². The first kappa shape index (κ1) is 33.7. The average molecular weight is 705 g/mol. The van der Waals surface area contributed by atoms with Crippen molar-refractivity contribution in [1.29, 1.82) is 0 Å². The maximum atomic E-state index is 14.2. The second-order valence-corrected chi connectivity index (χ2v) is 16.3. The van der Waals surface area contributed by atoms with Gasteiger partial charge < -0.3 is 24.2 Å². The maximum absolute atomic E-state index is 14.2. The highest BCUT2D eigenvalue weighted by Crippen LogP contribution is 2.56. The number of likely N-dealkylation sites (N-methyl/N-ethyl adjacent to an activating group) is 1. The molecule has 2 aliphatic carbocycles. The predicted octanol–water partition coefficient (Wildman–Crippen LogP) is 6.49. The summed E-state index contributed by atoms with van der Waals surface area (Å²) in [4.78, 5) is 40.7. The number of nitrogens with one attached hydrogen (secondary N) is 2. The molecule has 0 amide bonds. The molecule has 4 aromatic rings. The van der Waals surface area contributed by atoms with Crippen LogP contribution in [0.15, 0.2) is 48.0 Å². The normalized spacial score (nSPS) is 33.2. The van der Waals surface area contributed by atoms with E-state index in [0.717, 1.165) is 85.2 Å². The highest BCUT2D eigenvalue weighted by molar-refractivity contribution is 5.93. The molecular formula is C43H52N4O5. The second-order valence-electron chi connectivity index (χ2n) is 16.3. The molecule has 9 nitrogen and oxygen atoms in total. The van der Waals surface area contributed by atoms with Crippen molar-refractivity contribution in [3.8, 4) is 5.75 Å². The number of methoxy groups -OCH3 is 3. The Balaban J connectivity index is 1.28. The first-order valence-electron chi connectivity index (χ1n) is 19.3. The number of likely N-dealkylation sites (tertiary alicyclic amines) is 1. The van der Waals surface area contributed by atoms with Crippen LogP contribution in [0.5, 0.6) is 5.75 Å². The van der Waals surface area contributed by atoms with Crippen molar-refractivity contribution in [3.63, 3.8) is 0 Å². The van der Waals surface area contributed by atoms with Gasteiger partial charge in [0, 0.05) is 82.5 Å². The lowest BCUT2D eigenvalue weighted by atomic mass is 9.56. The molecule has 8 unspecified atom stereocenters. The molecule has 4 aliphatic heterocycles. The van der Waals surface area contributed by atoms with Crippen LogP contribution in [-0.4, -0.2) is 91.8 Å². The van der Waals surface area contributed by atoms with Crippen molar-refractivity contribution < 1.29 is 23.8 Å². The Labute approximate surface area is 306 Å². The number of para-hydroxylation sites is 1. The largest absolute Gasteiger partial charge is 0.496 e. The van der Waals surface area contributed by atoms with E-state index in [2.05, 4.69) is 83.1 Å². The number of carbonyl (C=O) groups is 2. The number of hydrogen-bond donors (Lipinski definition) is 2. The van der Waals surface area contributed by atoms with Crippen LogP contribution in [0.25, 0.3) is 21.8 Å². The fourth-order valence-electron chi connectivity index (χ4n) is 12.1. The lowest BCUT2D eigenvalue weighted by Gasteiger charge is -2.57. The summed E-state index contributed by atoms with van der Waals surface area (Å²) < 4.78 is 17.6. The number of H-pyrrole nitrogens is 2. The molecule has 2 N–H and O–H groups in total. The second kappa shape index (κ2) is 12.5. The number of carbonyl (C=O) groups excluding carboxylic acids is 2. The summed E-state index contributed by atoms with van der Waals surface area (Å²) in [5.74, 6) is 1.10. The topological polar surface area (TPSA) is 99.9 Å². The van der Waals surface area contributed by atoms with Crippen LogP contribution < -0.4 is 4.74 Å².